The summed E-state index contributed by atoms with van der Waals surface area (Å²) in [5.74, 6) is 0.230. The van der Waals surface area contributed by atoms with Crippen LogP contribution in [0.4, 0.5) is 5.82 Å². The molecule has 0 radical (unpaired) electrons. The first-order chi connectivity index (χ1) is 11.4. The molecule has 2 aromatic rings. The first-order valence-electron chi connectivity index (χ1n) is 7.72. The van der Waals surface area contributed by atoms with Crippen LogP contribution in [-0.2, 0) is 9.59 Å². The van der Waals surface area contributed by atoms with Crippen LogP contribution >= 0.6 is 11.6 Å². The molecule has 1 heterocycles. The van der Waals surface area contributed by atoms with Crippen molar-refractivity contribution in [3.8, 4) is 0 Å². The van der Waals surface area contributed by atoms with E-state index in [2.05, 4.69) is 15.7 Å². The lowest BCUT2D eigenvalue weighted by Gasteiger charge is -2.19. The number of hydrogen-bond acceptors (Lipinski definition) is 3. The van der Waals surface area contributed by atoms with Crippen molar-refractivity contribution in [2.45, 2.75) is 39.3 Å². The molecule has 128 valence electrons. The van der Waals surface area contributed by atoms with Crippen molar-refractivity contribution >= 4 is 29.2 Å². The second-order valence-electron chi connectivity index (χ2n) is 5.81. The number of amides is 2. The van der Waals surface area contributed by atoms with Gasteiger partial charge in [-0.25, -0.2) is 4.68 Å². The molecule has 0 saturated heterocycles. The quantitative estimate of drug-likeness (QED) is 0.840. The normalized spacial score (nSPS) is 12.0. The zero-order chi connectivity index (χ0) is 17.7. The average Bonchev–Trinajstić information content (AvgIpc) is 2.95. The largest absolute Gasteiger partial charge is 0.349 e. The van der Waals surface area contributed by atoms with E-state index < -0.39 is 6.04 Å². The molecular weight excluding hydrogens is 328 g/mol. The van der Waals surface area contributed by atoms with Crippen LogP contribution in [0, 0.1) is 0 Å². The van der Waals surface area contributed by atoms with E-state index in [1.54, 1.807) is 41.2 Å². The van der Waals surface area contributed by atoms with E-state index in [0.29, 0.717) is 10.8 Å². The van der Waals surface area contributed by atoms with Crippen molar-refractivity contribution in [3.05, 3.63) is 47.1 Å². The van der Waals surface area contributed by atoms with Gasteiger partial charge in [-0.3, -0.25) is 9.59 Å². The second kappa shape index (κ2) is 7.97. The maximum atomic E-state index is 12.4. The summed E-state index contributed by atoms with van der Waals surface area (Å²) in [6.45, 7) is 5.39. The second-order valence-corrected chi connectivity index (χ2v) is 6.25. The van der Waals surface area contributed by atoms with Gasteiger partial charge in [0.25, 0.3) is 0 Å². The van der Waals surface area contributed by atoms with Gasteiger partial charge in [-0.15, -0.1) is 0 Å². The highest BCUT2D eigenvalue weighted by atomic mass is 35.5. The standard InChI is InChI=1S/C17H21ClN4O2/c1-11(2)22-16(8-9-19-22)21-17(24)10-15(20-12(3)23)13-4-6-14(18)7-5-13/h4-9,11,15H,10H2,1-3H3,(H,20,23)(H,21,24). The fourth-order valence-corrected chi connectivity index (χ4v) is 2.52. The zero-order valence-corrected chi connectivity index (χ0v) is 14.7. The van der Waals surface area contributed by atoms with E-state index >= 15 is 0 Å². The van der Waals surface area contributed by atoms with E-state index in [0.717, 1.165) is 5.56 Å². The number of nitrogens with one attached hydrogen (secondary N) is 2. The van der Waals surface area contributed by atoms with E-state index in [-0.39, 0.29) is 24.3 Å². The molecule has 0 fully saturated rings. The predicted octanol–water partition coefficient (Wildman–Crippen LogP) is 3.32. The Morgan fingerprint density at radius 3 is 2.46 bits per heavy atom. The number of benzene rings is 1. The van der Waals surface area contributed by atoms with E-state index in [1.165, 1.54) is 6.92 Å². The van der Waals surface area contributed by atoms with E-state index in [4.69, 9.17) is 11.6 Å². The summed E-state index contributed by atoms with van der Waals surface area (Å²) in [7, 11) is 0. The third kappa shape index (κ3) is 4.83. The average molecular weight is 349 g/mol. The number of carbonyl (C=O) groups is 2. The molecule has 0 aliphatic heterocycles. The van der Waals surface area contributed by atoms with Gasteiger partial charge in [0.15, 0.2) is 0 Å². The molecule has 0 spiro atoms. The minimum atomic E-state index is -0.421. The molecular formula is C17H21ClN4O2. The summed E-state index contributed by atoms with van der Waals surface area (Å²) < 4.78 is 1.73. The van der Waals surface area contributed by atoms with Crippen molar-refractivity contribution < 1.29 is 9.59 Å². The molecule has 0 bridgehead atoms. The van der Waals surface area contributed by atoms with Crippen LogP contribution < -0.4 is 10.6 Å². The molecule has 1 atom stereocenters. The molecule has 7 heteroatoms. The Kier molecular flexibility index (Phi) is 5.98. The topological polar surface area (TPSA) is 76.0 Å². The molecule has 1 unspecified atom stereocenters. The van der Waals surface area contributed by atoms with Crippen molar-refractivity contribution in [1.82, 2.24) is 15.1 Å². The fraction of sp³-hybridized carbons (Fsp3) is 0.353. The van der Waals surface area contributed by atoms with Crippen LogP contribution in [0.25, 0.3) is 0 Å². The third-order valence-electron chi connectivity index (χ3n) is 3.47. The van der Waals surface area contributed by atoms with E-state index in [1.807, 2.05) is 13.8 Å². The van der Waals surface area contributed by atoms with Gasteiger partial charge in [0, 0.05) is 24.1 Å². The number of hydrogen-bond donors (Lipinski definition) is 2. The van der Waals surface area contributed by atoms with E-state index in [9.17, 15) is 9.59 Å². The Morgan fingerprint density at radius 2 is 1.88 bits per heavy atom. The summed E-state index contributed by atoms with van der Waals surface area (Å²) in [5, 5.41) is 10.4. The molecule has 2 N–H and O–H groups in total. The SMILES string of the molecule is CC(=O)NC(CC(=O)Nc1ccnn1C(C)C)c1ccc(Cl)cc1. The molecule has 6 nitrogen and oxygen atoms in total. The number of rotatable bonds is 6. The molecule has 0 aliphatic rings. The van der Waals surface area contributed by atoms with Gasteiger partial charge < -0.3 is 10.6 Å². The van der Waals surface area contributed by atoms with Crippen molar-refractivity contribution in [3.63, 3.8) is 0 Å². The van der Waals surface area contributed by atoms with Crippen LogP contribution in [0.2, 0.25) is 5.02 Å². The Balaban J connectivity index is 2.11. The minimum absolute atomic E-state index is 0.116. The summed E-state index contributed by atoms with van der Waals surface area (Å²) in [6.07, 6.45) is 1.75. The predicted molar refractivity (Wildman–Crippen MR) is 93.9 cm³/mol. The Morgan fingerprint density at radius 1 is 1.21 bits per heavy atom. The third-order valence-corrected chi connectivity index (χ3v) is 3.72. The van der Waals surface area contributed by atoms with Crippen LogP contribution in [0.15, 0.2) is 36.5 Å². The smallest absolute Gasteiger partial charge is 0.227 e. The number of carbonyl (C=O) groups excluding carboxylic acids is 2. The number of nitrogens with zero attached hydrogens (tertiary/aromatic N) is 2. The van der Waals surface area contributed by atoms with Crippen LogP contribution in [0.1, 0.15) is 44.8 Å². The lowest BCUT2D eigenvalue weighted by Crippen LogP contribution is -2.30. The lowest BCUT2D eigenvalue weighted by atomic mass is 10.0. The Labute approximate surface area is 146 Å². The van der Waals surface area contributed by atoms with Gasteiger partial charge >= 0.3 is 0 Å². The molecule has 2 amide bonds. The molecule has 24 heavy (non-hydrogen) atoms. The minimum Gasteiger partial charge on any atom is -0.349 e. The molecule has 0 aliphatic carbocycles. The van der Waals surface area contributed by atoms with Crippen LogP contribution in [0.3, 0.4) is 0 Å². The first-order valence-corrected chi connectivity index (χ1v) is 8.10. The monoisotopic (exact) mass is 348 g/mol. The van der Waals surface area contributed by atoms with Gasteiger partial charge in [0.05, 0.1) is 18.7 Å². The molecule has 2 rings (SSSR count). The van der Waals surface area contributed by atoms with Gasteiger partial charge in [0.2, 0.25) is 11.8 Å². The lowest BCUT2D eigenvalue weighted by molar-refractivity contribution is -0.120. The highest BCUT2D eigenvalue weighted by molar-refractivity contribution is 6.30. The van der Waals surface area contributed by atoms with Crippen molar-refractivity contribution in [1.29, 1.82) is 0 Å². The van der Waals surface area contributed by atoms with Crippen LogP contribution in [0.5, 0.6) is 0 Å². The highest BCUT2D eigenvalue weighted by Gasteiger charge is 2.18. The van der Waals surface area contributed by atoms with Crippen LogP contribution in [-0.4, -0.2) is 21.6 Å². The summed E-state index contributed by atoms with van der Waals surface area (Å²) in [5.41, 5.74) is 0.821. The maximum Gasteiger partial charge on any atom is 0.227 e. The Bertz CT molecular complexity index is 710. The van der Waals surface area contributed by atoms with Gasteiger partial charge in [0.1, 0.15) is 5.82 Å². The fourth-order valence-electron chi connectivity index (χ4n) is 2.40. The van der Waals surface area contributed by atoms with Crippen molar-refractivity contribution in [2.24, 2.45) is 0 Å². The first kappa shape index (κ1) is 18.0. The van der Waals surface area contributed by atoms with Crippen molar-refractivity contribution in [2.75, 3.05) is 5.32 Å². The van der Waals surface area contributed by atoms with Gasteiger partial charge in [-0.1, -0.05) is 23.7 Å². The maximum absolute atomic E-state index is 12.4. The number of halogens is 1. The summed E-state index contributed by atoms with van der Waals surface area (Å²) in [6, 6.07) is 8.53. The van der Waals surface area contributed by atoms with Gasteiger partial charge in [-0.2, -0.15) is 5.10 Å². The Hall–Kier alpha value is -2.34. The summed E-state index contributed by atoms with van der Waals surface area (Å²) >= 11 is 5.89. The molecule has 0 saturated carbocycles. The number of aromatic nitrogens is 2. The zero-order valence-electron chi connectivity index (χ0n) is 13.9. The summed E-state index contributed by atoms with van der Waals surface area (Å²) in [4.78, 5) is 23.8. The highest BCUT2D eigenvalue weighted by Crippen LogP contribution is 2.21. The molecule has 1 aromatic carbocycles. The number of anilines is 1. The van der Waals surface area contributed by atoms with Gasteiger partial charge in [-0.05, 0) is 31.5 Å². The molecule has 1 aromatic heterocycles.